The minimum atomic E-state index is 0.753. The lowest BCUT2D eigenvalue weighted by Gasteiger charge is -2.20. The number of alkyl halides is 1. The van der Waals surface area contributed by atoms with E-state index in [1.54, 1.807) is 0 Å². The fourth-order valence-corrected chi connectivity index (χ4v) is 1.61. The van der Waals surface area contributed by atoms with E-state index in [1.807, 2.05) is 0 Å². The van der Waals surface area contributed by atoms with Gasteiger partial charge in [-0.1, -0.05) is 22.4 Å². The second kappa shape index (κ2) is 3.46. The second-order valence-corrected chi connectivity index (χ2v) is 2.95. The maximum atomic E-state index is 3.45. The number of hydrogen-bond donors (Lipinski definition) is 1. The van der Waals surface area contributed by atoms with Crippen molar-refractivity contribution >= 4 is 15.9 Å². The fourth-order valence-electron chi connectivity index (χ4n) is 1.06. The molecule has 1 heterocycles. The molecule has 0 aromatic rings. The van der Waals surface area contributed by atoms with Crippen LogP contribution in [0.3, 0.4) is 0 Å². The highest BCUT2D eigenvalue weighted by Gasteiger charge is 2.09. The maximum absolute atomic E-state index is 3.45. The van der Waals surface area contributed by atoms with Crippen LogP contribution in [0, 0.1) is 0 Å². The van der Waals surface area contributed by atoms with Gasteiger partial charge in [0, 0.05) is 11.4 Å². The predicted octanol–water partition coefficient (Wildman–Crippen LogP) is 1.52. The van der Waals surface area contributed by atoms with Crippen molar-refractivity contribution < 1.29 is 0 Å². The second-order valence-electron chi connectivity index (χ2n) is 2.30. The Kier molecular flexibility index (Phi) is 2.84. The topological polar surface area (TPSA) is 12.0 Å². The van der Waals surface area contributed by atoms with Crippen molar-refractivity contribution in [3.63, 3.8) is 0 Å². The first kappa shape index (κ1) is 6.56. The standard InChI is InChI=1S/C6H12BrN/c7-5-6-3-1-2-4-8-6/h6,8H,1-5H2/t6-/m0/s1. The summed E-state index contributed by atoms with van der Waals surface area (Å²) in [5, 5.41) is 4.54. The molecule has 1 nitrogen and oxygen atoms in total. The lowest BCUT2D eigenvalue weighted by Crippen LogP contribution is -2.34. The van der Waals surface area contributed by atoms with E-state index in [0.717, 1.165) is 11.4 Å². The van der Waals surface area contributed by atoms with Crippen LogP contribution in [-0.4, -0.2) is 17.9 Å². The van der Waals surface area contributed by atoms with Crippen LogP contribution in [-0.2, 0) is 0 Å². The van der Waals surface area contributed by atoms with E-state index in [4.69, 9.17) is 0 Å². The molecule has 48 valence electrons. The van der Waals surface area contributed by atoms with Crippen molar-refractivity contribution in [2.45, 2.75) is 25.3 Å². The van der Waals surface area contributed by atoms with Gasteiger partial charge in [0.05, 0.1) is 0 Å². The van der Waals surface area contributed by atoms with Gasteiger partial charge in [0.15, 0.2) is 0 Å². The number of hydrogen-bond acceptors (Lipinski definition) is 1. The molecule has 0 amide bonds. The smallest absolute Gasteiger partial charge is 0.0186 e. The summed E-state index contributed by atoms with van der Waals surface area (Å²) in [7, 11) is 0. The summed E-state index contributed by atoms with van der Waals surface area (Å²) >= 11 is 3.45. The third kappa shape index (κ3) is 1.75. The zero-order valence-corrected chi connectivity index (χ0v) is 6.58. The predicted molar refractivity (Wildman–Crippen MR) is 39.4 cm³/mol. The van der Waals surface area contributed by atoms with Crippen LogP contribution in [0.2, 0.25) is 0 Å². The lowest BCUT2D eigenvalue weighted by atomic mass is 10.1. The molecule has 0 saturated carbocycles. The van der Waals surface area contributed by atoms with Crippen molar-refractivity contribution in [1.29, 1.82) is 0 Å². The molecule has 8 heavy (non-hydrogen) atoms. The molecular weight excluding hydrogens is 166 g/mol. The van der Waals surface area contributed by atoms with E-state index in [1.165, 1.54) is 25.8 Å². The third-order valence-corrected chi connectivity index (χ3v) is 2.38. The van der Waals surface area contributed by atoms with E-state index >= 15 is 0 Å². The number of halogens is 1. The first-order valence-corrected chi connectivity index (χ1v) is 4.35. The van der Waals surface area contributed by atoms with Gasteiger partial charge in [0.2, 0.25) is 0 Å². The minimum Gasteiger partial charge on any atom is -0.313 e. The fraction of sp³-hybridized carbons (Fsp3) is 1.00. The van der Waals surface area contributed by atoms with E-state index in [9.17, 15) is 0 Å². The molecule has 1 aliphatic heterocycles. The zero-order valence-electron chi connectivity index (χ0n) is 4.99. The Bertz CT molecular complexity index is 59.5. The van der Waals surface area contributed by atoms with Crippen LogP contribution >= 0.6 is 15.9 Å². The van der Waals surface area contributed by atoms with Crippen LogP contribution in [0.4, 0.5) is 0 Å². The molecule has 0 aliphatic carbocycles. The van der Waals surface area contributed by atoms with Gasteiger partial charge in [-0.3, -0.25) is 0 Å². The molecule has 1 atom stereocenters. The third-order valence-electron chi connectivity index (χ3n) is 1.60. The van der Waals surface area contributed by atoms with E-state index in [2.05, 4.69) is 21.2 Å². The highest BCUT2D eigenvalue weighted by atomic mass is 79.9. The molecule has 0 radical (unpaired) electrons. The quantitative estimate of drug-likeness (QED) is 0.600. The first-order chi connectivity index (χ1) is 3.93. The van der Waals surface area contributed by atoms with Gasteiger partial charge in [0.25, 0.3) is 0 Å². The van der Waals surface area contributed by atoms with Gasteiger partial charge in [0.1, 0.15) is 0 Å². The van der Waals surface area contributed by atoms with Crippen LogP contribution < -0.4 is 5.32 Å². The van der Waals surface area contributed by atoms with Gasteiger partial charge in [-0.25, -0.2) is 0 Å². The normalized spacial score (nSPS) is 30.4. The summed E-state index contributed by atoms with van der Waals surface area (Å²) in [6, 6.07) is 0.753. The van der Waals surface area contributed by atoms with E-state index < -0.39 is 0 Å². The monoisotopic (exact) mass is 177 g/mol. The highest BCUT2D eigenvalue weighted by molar-refractivity contribution is 9.09. The average Bonchev–Trinajstić information content (AvgIpc) is 1.90. The van der Waals surface area contributed by atoms with Crippen molar-refractivity contribution in [2.75, 3.05) is 11.9 Å². The maximum Gasteiger partial charge on any atom is 0.0186 e. The van der Waals surface area contributed by atoms with Crippen molar-refractivity contribution in [3.05, 3.63) is 0 Å². The molecule has 1 saturated heterocycles. The van der Waals surface area contributed by atoms with E-state index in [0.29, 0.717) is 0 Å². The lowest BCUT2D eigenvalue weighted by molar-refractivity contribution is 0.431. The summed E-state index contributed by atoms with van der Waals surface area (Å²) in [5.41, 5.74) is 0. The SMILES string of the molecule is BrC[C@@H]1CCCCN1. The van der Waals surface area contributed by atoms with Crippen LogP contribution in [0.5, 0.6) is 0 Å². The molecule has 1 fully saturated rings. The van der Waals surface area contributed by atoms with Crippen LogP contribution in [0.1, 0.15) is 19.3 Å². The number of piperidine rings is 1. The van der Waals surface area contributed by atoms with Gasteiger partial charge >= 0.3 is 0 Å². The molecule has 0 unspecified atom stereocenters. The Labute approximate surface area is 59.0 Å². The number of rotatable bonds is 1. The summed E-state index contributed by atoms with van der Waals surface area (Å²) in [4.78, 5) is 0. The molecule has 0 aromatic heterocycles. The van der Waals surface area contributed by atoms with Crippen LogP contribution in [0.15, 0.2) is 0 Å². The molecule has 0 aromatic carbocycles. The van der Waals surface area contributed by atoms with Gasteiger partial charge in [-0.2, -0.15) is 0 Å². The summed E-state index contributed by atoms with van der Waals surface area (Å²) in [6.07, 6.45) is 4.12. The van der Waals surface area contributed by atoms with Crippen molar-refractivity contribution in [2.24, 2.45) is 0 Å². The van der Waals surface area contributed by atoms with Gasteiger partial charge < -0.3 is 5.32 Å². The average molecular weight is 178 g/mol. The zero-order chi connectivity index (χ0) is 5.82. The molecule has 2 heteroatoms. The van der Waals surface area contributed by atoms with Crippen LogP contribution in [0.25, 0.3) is 0 Å². The summed E-state index contributed by atoms with van der Waals surface area (Å²) in [5.74, 6) is 0. The van der Waals surface area contributed by atoms with Crippen molar-refractivity contribution in [3.8, 4) is 0 Å². The Balaban J connectivity index is 2.13. The van der Waals surface area contributed by atoms with E-state index in [-0.39, 0.29) is 0 Å². The number of nitrogens with one attached hydrogen (secondary N) is 1. The first-order valence-electron chi connectivity index (χ1n) is 3.23. The molecular formula is C6H12BrN. The molecule has 0 bridgehead atoms. The summed E-state index contributed by atoms with van der Waals surface area (Å²) in [6.45, 7) is 1.22. The van der Waals surface area contributed by atoms with Gasteiger partial charge in [-0.15, -0.1) is 0 Å². The highest BCUT2D eigenvalue weighted by Crippen LogP contribution is 2.07. The molecule has 1 aliphatic rings. The Morgan fingerprint density at radius 2 is 2.38 bits per heavy atom. The molecule has 0 spiro atoms. The minimum absolute atomic E-state index is 0.753. The Hall–Kier alpha value is 0.440. The molecule has 1 rings (SSSR count). The Morgan fingerprint density at radius 1 is 1.50 bits per heavy atom. The summed E-state index contributed by atoms with van der Waals surface area (Å²) < 4.78 is 0. The Morgan fingerprint density at radius 3 is 2.75 bits per heavy atom. The largest absolute Gasteiger partial charge is 0.313 e. The van der Waals surface area contributed by atoms with Crippen molar-refractivity contribution in [1.82, 2.24) is 5.32 Å². The van der Waals surface area contributed by atoms with Gasteiger partial charge in [-0.05, 0) is 19.4 Å². The molecule has 1 N–H and O–H groups in total.